The molecule has 0 bridgehead atoms. The molecule has 0 saturated heterocycles. The number of rotatable bonds is 8. The van der Waals surface area contributed by atoms with E-state index in [4.69, 9.17) is 5.11 Å². The zero-order valence-corrected chi connectivity index (χ0v) is 14.4. The summed E-state index contributed by atoms with van der Waals surface area (Å²) in [6.07, 6.45) is 17.5. The van der Waals surface area contributed by atoms with Gasteiger partial charge in [0, 0.05) is 6.08 Å². The summed E-state index contributed by atoms with van der Waals surface area (Å²) in [6.45, 7) is 10.2. The van der Waals surface area contributed by atoms with E-state index >= 15 is 0 Å². The van der Waals surface area contributed by atoms with Gasteiger partial charge in [0.25, 0.3) is 0 Å². The lowest BCUT2D eigenvalue weighted by atomic mass is 10.1. The molecule has 2 heteroatoms. The highest BCUT2D eigenvalue weighted by Gasteiger charge is 1.89. The van der Waals surface area contributed by atoms with Gasteiger partial charge in [0.05, 0.1) is 0 Å². The van der Waals surface area contributed by atoms with E-state index < -0.39 is 5.97 Å². The zero-order chi connectivity index (χ0) is 17.0. The van der Waals surface area contributed by atoms with Crippen LogP contribution in [0.25, 0.3) is 0 Å². The number of carboxylic acid groups (broad SMARTS) is 1. The van der Waals surface area contributed by atoms with Gasteiger partial charge in [-0.1, -0.05) is 59.3 Å². The Morgan fingerprint density at radius 2 is 1.50 bits per heavy atom. The summed E-state index contributed by atoms with van der Waals surface area (Å²) in [5.74, 6) is -0.920. The average Bonchev–Trinajstić information content (AvgIpc) is 2.37. The Hall–Kier alpha value is -2.09. The molecular weight excluding hydrogens is 272 g/mol. The summed E-state index contributed by atoms with van der Waals surface area (Å²) in [6, 6.07) is 0. The number of hydrogen-bond donors (Lipinski definition) is 1. The van der Waals surface area contributed by atoms with Crippen molar-refractivity contribution >= 4 is 5.97 Å². The van der Waals surface area contributed by atoms with Crippen molar-refractivity contribution in [2.45, 2.75) is 47.5 Å². The van der Waals surface area contributed by atoms with Gasteiger partial charge in [0.2, 0.25) is 0 Å². The van der Waals surface area contributed by atoms with Crippen LogP contribution in [-0.4, -0.2) is 11.1 Å². The third-order valence-corrected chi connectivity index (χ3v) is 2.90. The molecule has 2 nitrogen and oxygen atoms in total. The second-order valence-corrected chi connectivity index (χ2v) is 5.69. The van der Waals surface area contributed by atoms with Crippen molar-refractivity contribution in [2.24, 2.45) is 0 Å². The Balaban J connectivity index is 4.43. The van der Waals surface area contributed by atoms with E-state index in [1.807, 2.05) is 25.2 Å². The van der Waals surface area contributed by atoms with Crippen LogP contribution in [0.5, 0.6) is 0 Å². The minimum atomic E-state index is -0.920. The molecular formula is C20H28O2. The number of carbonyl (C=O) groups is 1. The third-order valence-electron chi connectivity index (χ3n) is 2.90. The molecule has 0 amide bonds. The maximum absolute atomic E-state index is 10.5. The van der Waals surface area contributed by atoms with E-state index in [1.165, 1.54) is 17.2 Å². The van der Waals surface area contributed by atoms with Crippen molar-refractivity contribution in [3.05, 3.63) is 70.9 Å². The molecule has 0 saturated carbocycles. The van der Waals surface area contributed by atoms with E-state index in [1.54, 1.807) is 13.0 Å². The normalized spacial score (nSPS) is 14.0. The Bertz CT molecular complexity index is 534. The van der Waals surface area contributed by atoms with Crippen LogP contribution < -0.4 is 0 Å². The number of carboxylic acids is 1. The summed E-state index contributed by atoms with van der Waals surface area (Å²) < 4.78 is 0. The first-order valence-electron chi connectivity index (χ1n) is 7.54. The highest BCUT2D eigenvalue weighted by Crippen LogP contribution is 2.07. The first-order chi connectivity index (χ1) is 10.3. The van der Waals surface area contributed by atoms with Crippen molar-refractivity contribution < 1.29 is 9.90 Å². The van der Waals surface area contributed by atoms with Gasteiger partial charge in [-0.3, -0.25) is 0 Å². The second kappa shape index (κ2) is 11.6. The van der Waals surface area contributed by atoms with Gasteiger partial charge >= 0.3 is 5.97 Å². The van der Waals surface area contributed by atoms with Gasteiger partial charge in [-0.05, 0) is 53.0 Å². The third kappa shape index (κ3) is 12.9. The monoisotopic (exact) mass is 300 g/mol. The fourth-order valence-corrected chi connectivity index (χ4v) is 1.69. The minimum Gasteiger partial charge on any atom is -0.478 e. The molecule has 0 unspecified atom stereocenters. The Labute approximate surface area is 134 Å². The minimum absolute atomic E-state index is 0.718. The number of aliphatic carboxylic acids is 1. The van der Waals surface area contributed by atoms with E-state index in [2.05, 4.69) is 39.0 Å². The van der Waals surface area contributed by atoms with E-state index in [-0.39, 0.29) is 0 Å². The quantitative estimate of drug-likeness (QED) is 0.351. The van der Waals surface area contributed by atoms with Crippen LogP contribution in [0.1, 0.15) is 47.5 Å². The van der Waals surface area contributed by atoms with Crippen molar-refractivity contribution in [3.8, 4) is 0 Å². The highest BCUT2D eigenvalue weighted by molar-refractivity contribution is 5.81. The number of allylic oxidation sites excluding steroid dienone is 11. The van der Waals surface area contributed by atoms with Crippen LogP contribution in [0, 0.1) is 0 Å². The fraction of sp³-hybridized carbons (Fsp3) is 0.350. The molecule has 120 valence electrons. The summed E-state index contributed by atoms with van der Waals surface area (Å²) in [5.41, 5.74) is 4.56. The van der Waals surface area contributed by atoms with Crippen molar-refractivity contribution in [3.63, 3.8) is 0 Å². The largest absolute Gasteiger partial charge is 0.478 e. The Morgan fingerprint density at radius 1 is 0.909 bits per heavy atom. The first kappa shape index (κ1) is 19.9. The maximum Gasteiger partial charge on any atom is 0.328 e. The van der Waals surface area contributed by atoms with Crippen LogP contribution in [0.15, 0.2) is 70.9 Å². The predicted molar refractivity (Wildman–Crippen MR) is 95.9 cm³/mol. The van der Waals surface area contributed by atoms with E-state index in [0.29, 0.717) is 0 Å². The molecule has 0 aromatic rings. The fourth-order valence-electron chi connectivity index (χ4n) is 1.69. The van der Waals surface area contributed by atoms with Crippen LogP contribution in [-0.2, 0) is 4.79 Å². The average molecular weight is 300 g/mol. The lowest BCUT2D eigenvalue weighted by Gasteiger charge is -1.96. The Kier molecular flexibility index (Phi) is 10.5. The SMILES string of the molecule is CC(C)=CCCC(C)=CC=CC(C)=CC=C/C(C)=C/C(=O)O. The molecule has 0 aliphatic rings. The summed E-state index contributed by atoms with van der Waals surface area (Å²) in [5, 5.41) is 8.61. The maximum atomic E-state index is 10.5. The molecule has 0 aliphatic carbocycles. The zero-order valence-electron chi connectivity index (χ0n) is 14.4. The van der Waals surface area contributed by atoms with Crippen LogP contribution in [0.3, 0.4) is 0 Å². The molecule has 0 aromatic heterocycles. The summed E-state index contributed by atoms with van der Waals surface area (Å²) in [4.78, 5) is 10.5. The van der Waals surface area contributed by atoms with Crippen LogP contribution in [0.2, 0.25) is 0 Å². The standard InChI is InChI=1S/C20H28O2/c1-16(2)9-6-10-17(3)11-7-12-18(4)13-8-14-19(5)15-20(21)22/h7-9,11-15H,6,10H2,1-5H3,(H,21,22)/b12-7?,14-8?,17-11?,18-13?,19-15+. The first-order valence-corrected chi connectivity index (χ1v) is 7.54. The van der Waals surface area contributed by atoms with E-state index in [9.17, 15) is 4.79 Å². The topological polar surface area (TPSA) is 37.3 Å². The molecule has 0 atom stereocenters. The van der Waals surface area contributed by atoms with Crippen molar-refractivity contribution in [2.75, 3.05) is 0 Å². The van der Waals surface area contributed by atoms with Crippen molar-refractivity contribution in [1.29, 1.82) is 0 Å². The van der Waals surface area contributed by atoms with Gasteiger partial charge in [0.1, 0.15) is 0 Å². The van der Waals surface area contributed by atoms with Crippen molar-refractivity contribution in [1.82, 2.24) is 0 Å². The van der Waals surface area contributed by atoms with Crippen LogP contribution >= 0.6 is 0 Å². The van der Waals surface area contributed by atoms with Crippen LogP contribution in [0.4, 0.5) is 0 Å². The molecule has 0 radical (unpaired) electrons. The molecule has 0 aromatic carbocycles. The van der Waals surface area contributed by atoms with Gasteiger partial charge in [-0.2, -0.15) is 0 Å². The highest BCUT2D eigenvalue weighted by atomic mass is 16.4. The molecule has 1 N–H and O–H groups in total. The summed E-state index contributed by atoms with van der Waals surface area (Å²) in [7, 11) is 0. The number of hydrogen-bond acceptors (Lipinski definition) is 1. The molecule has 22 heavy (non-hydrogen) atoms. The molecule has 0 spiro atoms. The lowest BCUT2D eigenvalue weighted by Crippen LogP contribution is -1.87. The molecule has 0 heterocycles. The summed E-state index contributed by atoms with van der Waals surface area (Å²) >= 11 is 0. The van der Waals surface area contributed by atoms with Gasteiger partial charge in [-0.25, -0.2) is 4.79 Å². The second-order valence-electron chi connectivity index (χ2n) is 5.69. The molecule has 0 fully saturated rings. The van der Waals surface area contributed by atoms with Gasteiger partial charge in [0.15, 0.2) is 0 Å². The predicted octanol–water partition coefficient (Wildman–Crippen LogP) is 5.77. The van der Waals surface area contributed by atoms with Gasteiger partial charge < -0.3 is 5.11 Å². The van der Waals surface area contributed by atoms with E-state index in [0.717, 1.165) is 24.0 Å². The van der Waals surface area contributed by atoms with Gasteiger partial charge in [-0.15, -0.1) is 0 Å². The lowest BCUT2D eigenvalue weighted by molar-refractivity contribution is -0.131. The smallest absolute Gasteiger partial charge is 0.328 e. The molecule has 0 rings (SSSR count). The Morgan fingerprint density at radius 3 is 2.09 bits per heavy atom. The molecule has 0 aliphatic heterocycles.